The quantitative estimate of drug-likeness (QED) is 0.473. The monoisotopic (exact) mass is 486 g/mol. The summed E-state index contributed by atoms with van der Waals surface area (Å²) in [7, 11) is 0. The third-order valence-electron chi connectivity index (χ3n) is 5.88. The van der Waals surface area contributed by atoms with Crippen LogP contribution in [-0.4, -0.2) is 24.0 Å². The molecule has 1 aliphatic rings. The molecule has 2 heterocycles. The number of hydrogen-bond donors (Lipinski definition) is 1. The number of carbonyl (C=O) groups excluding carboxylic acids is 1. The van der Waals surface area contributed by atoms with Gasteiger partial charge in [0.2, 0.25) is 0 Å². The zero-order valence-corrected chi connectivity index (χ0v) is 19.0. The van der Waals surface area contributed by atoms with Gasteiger partial charge in [0.15, 0.2) is 0 Å². The van der Waals surface area contributed by atoms with Crippen LogP contribution in [0.4, 0.5) is 20.3 Å². The first-order chi connectivity index (χ1) is 14.9. The van der Waals surface area contributed by atoms with Crippen LogP contribution in [0.15, 0.2) is 34.8 Å². The second-order valence-electron chi connectivity index (χ2n) is 7.95. The van der Waals surface area contributed by atoms with Gasteiger partial charge in [-0.25, -0.2) is 13.8 Å². The Balaban J connectivity index is 1.81. The molecule has 2 aromatic carbocycles. The zero-order chi connectivity index (χ0) is 22.1. The lowest BCUT2D eigenvalue weighted by Gasteiger charge is -2.34. The van der Waals surface area contributed by atoms with Crippen molar-refractivity contribution in [2.45, 2.75) is 33.1 Å². The van der Waals surface area contributed by atoms with E-state index in [0.717, 1.165) is 53.9 Å². The first-order valence-corrected chi connectivity index (χ1v) is 11.2. The van der Waals surface area contributed by atoms with E-state index in [1.165, 1.54) is 6.42 Å². The van der Waals surface area contributed by atoms with E-state index in [1.54, 1.807) is 0 Å². The number of hydrogen-bond acceptors (Lipinski definition) is 3. The lowest BCUT2D eigenvalue weighted by atomic mass is 9.94. The van der Waals surface area contributed by atoms with Gasteiger partial charge < -0.3 is 10.2 Å². The van der Waals surface area contributed by atoms with Crippen LogP contribution >= 0.6 is 15.9 Å². The molecule has 3 aromatic rings. The highest BCUT2D eigenvalue weighted by atomic mass is 79.9. The number of aromatic nitrogens is 1. The number of rotatable bonds is 4. The van der Waals surface area contributed by atoms with Crippen molar-refractivity contribution in [3.8, 4) is 0 Å². The molecule has 1 aliphatic heterocycles. The van der Waals surface area contributed by atoms with E-state index in [-0.39, 0.29) is 5.69 Å². The van der Waals surface area contributed by atoms with Gasteiger partial charge in [-0.3, -0.25) is 4.79 Å². The summed E-state index contributed by atoms with van der Waals surface area (Å²) in [4.78, 5) is 20.4. The molecule has 7 heteroatoms. The lowest BCUT2D eigenvalue weighted by molar-refractivity contribution is 0.102. The number of halogens is 3. The van der Waals surface area contributed by atoms with Crippen LogP contribution < -0.4 is 10.2 Å². The summed E-state index contributed by atoms with van der Waals surface area (Å²) in [5, 5.41) is 3.22. The van der Waals surface area contributed by atoms with Crippen LogP contribution in [0.3, 0.4) is 0 Å². The third-order valence-corrected chi connectivity index (χ3v) is 6.38. The number of anilines is 2. The van der Waals surface area contributed by atoms with E-state index in [4.69, 9.17) is 4.98 Å². The van der Waals surface area contributed by atoms with Crippen molar-refractivity contribution in [3.05, 3.63) is 63.6 Å². The first kappa shape index (κ1) is 21.7. The van der Waals surface area contributed by atoms with Gasteiger partial charge >= 0.3 is 0 Å². The number of pyridine rings is 1. The highest BCUT2D eigenvalue weighted by Crippen LogP contribution is 2.33. The molecule has 1 unspecified atom stereocenters. The number of nitrogens with one attached hydrogen (secondary N) is 1. The Kier molecular flexibility index (Phi) is 6.23. The Morgan fingerprint density at radius 1 is 1.35 bits per heavy atom. The largest absolute Gasteiger partial charge is 0.356 e. The van der Waals surface area contributed by atoms with E-state index < -0.39 is 17.5 Å². The Morgan fingerprint density at radius 2 is 2.16 bits per heavy atom. The van der Waals surface area contributed by atoms with Gasteiger partial charge in [0.1, 0.15) is 17.5 Å². The van der Waals surface area contributed by atoms with Crippen LogP contribution in [-0.2, 0) is 0 Å². The second-order valence-corrected chi connectivity index (χ2v) is 8.87. The molecule has 4 nitrogen and oxygen atoms in total. The average molecular weight is 487 g/mol. The molecule has 1 radical (unpaired) electrons. The summed E-state index contributed by atoms with van der Waals surface area (Å²) in [6.45, 7) is 5.85. The molecule has 0 spiro atoms. The van der Waals surface area contributed by atoms with Crippen LogP contribution in [0, 0.1) is 30.5 Å². The molecule has 0 bridgehead atoms. The fourth-order valence-electron chi connectivity index (χ4n) is 4.23. The number of amides is 1. The predicted molar refractivity (Wildman–Crippen MR) is 123 cm³/mol. The Morgan fingerprint density at radius 3 is 2.90 bits per heavy atom. The number of benzene rings is 2. The molecule has 1 amide bonds. The number of piperidine rings is 1. The first-order valence-electron chi connectivity index (χ1n) is 10.4. The molecule has 1 fully saturated rings. The molecule has 4 rings (SSSR count). The van der Waals surface area contributed by atoms with Crippen molar-refractivity contribution >= 4 is 44.2 Å². The minimum atomic E-state index is -0.868. The van der Waals surface area contributed by atoms with Crippen molar-refractivity contribution < 1.29 is 13.6 Å². The Labute approximate surface area is 188 Å². The highest BCUT2D eigenvalue weighted by molar-refractivity contribution is 9.10. The van der Waals surface area contributed by atoms with E-state index in [9.17, 15) is 13.6 Å². The fraction of sp³-hybridized carbons (Fsp3) is 0.333. The van der Waals surface area contributed by atoms with E-state index in [0.29, 0.717) is 22.4 Å². The van der Waals surface area contributed by atoms with E-state index in [2.05, 4.69) is 39.1 Å². The topological polar surface area (TPSA) is 45.2 Å². The van der Waals surface area contributed by atoms with Gasteiger partial charge in [0.05, 0.1) is 16.8 Å². The van der Waals surface area contributed by atoms with Crippen LogP contribution in [0.5, 0.6) is 0 Å². The van der Waals surface area contributed by atoms with Gasteiger partial charge in [0, 0.05) is 40.6 Å². The minimum absolute atomic E-state index is 0.184. The molecular formula is C24H23BrF2N3O. The Hall–Kier alpha value is -2.54. The SMILES string of the molecule is CCC1CCCN(c2nc3ccc(Br)cc3c(C(=O)Nc3[c]cc(F)cc3F)c2C)C1. The van der Waals surface area contributed by atoms with Gasteiger partial charge in [0.25, 0.3) is 5.91 Å². The normalized spacial score (nSPS) is 16.5. The van der Waals surface area contributed by atoms with Crippen molar-refractivity contribution in [1.29, 1.82) is 0 Å². The van der Waals surface area contributed by atoms with Crippen LogP contribution in [0.2, 0.25) is 0 Å². The molecule has 31 heavy (non-hydrogen) atoms. The molecular weight excluding hydrogens is 464 g/mol. The second kappa shape index (κ2) is 8.91. The molecule has 1 saturated heterocycles. The zero-order valence-electron chi connectivity index (χ0n) is 17.4. The fourth-order valence-corrected chi connectivity index (χ4v) is 4.59. The highest BCUT2D eigenvalue weighted by Gasteiger charge is 2.25. The molecule has 1 atom stereocenters. The lowest BCUT2D eigenvalue weighted by Crippen LogP contribution is -2.36. The maximum atomic E-state index is 14.1. The summed E-state index contributed by atoms with van der Waals surface area (Å²) < 4.78 is 28.2. The summed E-state index contributed by atoms with van der Waals surface area (Å²) in [5.41, 5.74) is 1.67. The molecule has 0 saturated carbocycles. The van der Waals surface area contributed by atoms with Gasteiger partial charge in [-0.15, -0.1) is 0 Å². The van der Waals surface area contributed by atoms with Crippen molar-refractivity contribution in [3.63, 3.8) is 0 Å². The summed E-state index contributed by atoms with van der Waals surface area (Å²) >= 11 is 3.46. The predicted octanol–water partition coefficient (Wildman–Crippen LogP) is 6.26. The van der Waals surface area contributed by atoms with E-state index in [1.807, 2.05) is 25.1 Å². The maximum Gasteiger partial charge on any atom is 0.256 e. The molecule has 161 valence electrons. The smallest absolute Gasteiger partial charge is 0.256 e. The minimum Gasteiger partial charge on any atom is -0.356 e. The van der Waals surface area contributed by atoms with Gasteiger partial charge in [-0.1, -0.05) is 29.3 Å². The maximum absolute atomic E-state index is 14.1. The standard InChI is InChI=1S/C24H23BrF2N3O/c1-3-15-5-4-10-30(13-15)23-14(2)22(18-11-16(25)6-8-20(18)28-23)24(31)29-21-9-7-17(26)12-19(21)27/h6-8,11-12,15H,3-5,10,13H2,1-2H3,(H,29,31). The average Bonchev–Trinajstić information content (AvgIpc) is 2.75. The van der Waals surface area contributed by atoms with Crippen molar-refractivity contribution in [2.24, 2.45) is 5.92 Å². The summed E-state index contributed by atoms with van der Waals surface area (Å²) in [6.07, 6.45) is 3.37. The van der Waals surface area contributed by atoms with Gasteiger partial charge in [-0.2, -0.15) is 0 Å². The molecule has 1 N–H and O–H groups in total. The van der Waals surface area contributed by atoms with Gasteiger partial charge in [-0.05, 0) is 49.9 Å². The van der Waals surface area contributed by atoms with Crippen LogP contribution in [0.1, 0.15) is 42.1 Å². The van der Waals surface area contributed by atoms with Crippen LogP contribution in [0.25, 0.3) is 10.9 Å². The molecule has 1 aromatic heterocycles. The summed E-state index contributed by atoms with van der Waals surface area (Å²) in [6, 6.07) is 9.77. The number of fused-ring (bicyclic) bond motifs is 1. The summed E-state index contributed by atoms with van der Waals surface area (Å²) in [5.74, 6) is -0.720. The molecule has 0 aliphatic carbocycles. The third kappa shape index (κ3) is 4.42. The number of carbonyl (C=O) groups is 1. The van der Waals surface area contributed by atoms with Crippen molar-refractivity contribution in [1.82, 2.24) is 4.98 Å². The van der Waals surface area contributed by atoms with Crippen molar-refractivity contribution in [2.75, 3.05) is 23.3 Å². The van der Waals surface area contributed by atoms with E-state index >= 15 is 0 Å². The Bertz CT molecular complexity index is 1150. The number of nitrogens with zero attached hydrogens (tertiary/aromatic N) is 2.